The van der Waals surface area contributed by atoms with E-state index in [0.29, 0.717) is 26.4 Å². The lowest BCUT2D eigenvalue weighted by Gasteiger charge is -2.25. The molecule has 1 N–H and O–H groups in total. The van der Waals surface area contributed by atoms with Crippen molar-refractivity contribution in [3.63, 3.8) is 0 Å². The summed E-state index contributed by atoms with van der Waals surface area (Å²) in [7, 11) is 1.70. The molecule has 0 saturated carbocycles. The third-order valence-electron chi connectivity index (χ3n) is 3.99. The number of methoxy groups -OCH3 is 1. The van der Waals surface area contributed by atoms with Gasteiger partial charge < -0.3 is 14.6 Å². The van der Waals surface area contributed by atoms with Crippen LogP contribution in [0.4, 0.5) is 0 Å². The van der Waals surface area contributed by atoms with Crippen LogP contribution in [0.2, 0.25) is 0 Å². The van der Waals surface area contributed by atoms with Gasteiger partial charge in [-0.3, -0.25) is 4.90 Å². The lowest BCUT2D eigenvalue weighted by Crippen LogP contribution is -2.36. The largest absolute Gasteiger partial charge is 0.389 e. The first-order valence-electron chi connectivity index (χ1n) is 8.74. The van der Waals surface area contributed by atoms with Crippen LogP contribution in [0.5, 0.6) is 0 Å². The molecule has 0 aliphatic rings. The summed E-state index contributed by atoms with van der Waals surface area (Å²) in [6, 6.07) is 18.5. The van der Waals surface area contributed by atoms with Crippen LogP contribution in [0, 0.1) is 6.92 Å². The third kappa shape index (κ3) is 7.80. The second-order valence-electron chi connectivity index (χ2n) is 6.37. The molecule has 1 unspecified atom stereocenters. The van der Waals surface area contributed by atoms with Gasteiger partial charge in [0, 0.05) is 26.7 Å². The molecule has 136 valence electrons. The number of nitrogens with zero attached hydrogens (tertiary/aromatic N) is 1. The van der Waals surface area contributed by atoms with E-state index in [9.17, 15) is 5.11 Å². The van der Waals surface area contributed by atoms with E-state index in [4.69, 9.17) is 9.47 Å². The van der Waals surface area contributed by atoms with E-state index in [2.05, 4.69) is 36.1 Å². The second-order valence-corrected chi connectivity index (χ2v) is 6.37. The van der Waals surface area contributed by atoms with Crippen molar-refractivity contribution in [2.24, 2.45) is 0 Å². The molecule has 0 bridgehead atoms. The van der Waals surface area contributed by atoms with E-state index in [-0.39, 0.29) is 0 Å². The Labute approximate surface area is 151 Å². The Morgan fingerprint density at radius 2 is 1.80 bits per heavy atom. The zero-order chi connectivity index (χ0) is 17.9. The number of aliphatic hydroxyl groups excluding tert-OH is 1. The Hall–Kier alpha value is -1.72. The molecule has 0 fully saturated rings. The molecule has 0 spiro atoms. The van der Waals surface area contributed by atoms with Crippen molar-refractivity contribution in [2.75, 3.05) is 33.4 Å². The number of ether oxygens (including phenoxy) is 2. The highest BCUT2D eigenvalue weighted by molar-refractivity contribution is 5.22. The molecule has 0 aromatic heterocycles. The number of hydrogen-bond acceptors (Lipinski definition) is 4. The Morgan fingerprint density at radius 3 is 2.52 bits per heavy atom. The zero-order valence-corrected chi connectivity index (χ0v) is 15.2. The van der Waals surface area contributed by atoms with E-state index in [1.807, 2.05) is 30.3 Å². The molecular formula is C21H29NO3. The van der Waals surface area contributed by atoms with Gasteiger partial charge in [0.05, 0.1) is 25.9 Å². The van der Waals surface area contributed by atoms with Crippen molar-refractivity contribution in [3.05, 3.63) is 71.3 Å². The fraction of sp³-hybridized carbons (Fsp3) is 0.429. The summed E-state index contributed by atoms with van der Waals surface area (Å²) in [5.74, 6) is 0. The molecule has 25 heavy (non-hydrogen) atoms. The van der Waals surface area contributed by atoms with Gasteiger partial charge in [-0.1, -0.05) is 60.2 Å². The molecule has 4 nitrogen and oxygen atoms in total. The number of rotatable bonds is 11. The van der Waals surface area contributed by atoms with Gasteiger partial charge in [-0.05, 0) is 18.1 Å². The Kier molecular flexibility index (Phi) is 8.63. The van der Waals surface area contributed by atoms with Crippen LogP contribution in [-0.4, -0.2) is 49.5 Å². The van der Waals surface area contributed by atoms with Crippen molar-refractivity contribution in [1.29, 1.82) is 0 Å². The Morgan fingerprint density at radius 1 is 1.04 bits per heavy atom. The van der Waals surface area contributed by atoms with Crippen molar-refractivity contribution >= 4 is 0 Å². The molecular weight excluding hydrogens is 314 g/mol. The van der Waals surface area contributed by atoms with Gasteiger partial charge in [0.2, 0.25) is 0 Å². The van der Waals surface area contributed by atoms with Gasteiger partial charge in [-0.25, -0.2) is 0 Å². The summed E-state index contributed by atoms with van der Waals surface area (Å²) in [4.78, 5) is 2.20. The minimum Gasteiger partial charge on any atom is -0.389 e. The monoisotopic (exact) mass is 343 g/mol. The van der Waals surface area contributed by atoms with Gasteiger partial charge in [-0.15, -0.1) is 0 Å². The van der Waals surface area contributed by atoms with Crippen molar-refractivity contribution in [2.45, 2.75) is 26.2 Å². The highest BCUT2D eigenvalue weighted by Crippen LogP contribution is 2.09. The van der Waals surface area contributed by atoms with E-state index in [1.54, 1.807) is 7.11 Å². The summed E-state index contributed by atoms with van der Waals surface area (Å²) in [5.41, 5.74) is 3.61. The molecule has 2 rings (SSSR count). The molecule has 4 heteroatoms. The topological polar surface area (TPSA) is 41.9 Å². The van der Waals surface area contributed by atoms with Crippen LogP contribution in [0.3, 0.4) is 0 Å². The smallest absolute Gasteiger partial charge is 0.0900 e. The standard InChI is InChI=1S/C21H29NO3/c1-18-7-6-10-20(13-18)14-22(11-12-24-2)15-21(23)17-25-16-19-8-4-3-5-9-19/h3-10,13,21,23H,11-12,14-17H2,1-2H3. The minimum atomic E-state index is -0.523. The van der Waals surface area contributed by atoms with Crippen molar-refractivity contribution in [1.82, 2.24) is 4.90 Å². The summed E-state index contributed by atoms with van der Waals surface area (Å²) in [5, 5.41) is 10.3. The fourth-order valence-corrected chi connectivity index (χ4v) is 2.76. The van der Waals surface area contributed by atoms with Gasteiger partial charge in [0.25, 0.3) is 0 Å². The van der Waals surface area contributed by atoms with Crippen LogP contribution in [-0.2, 0) is 22.6 Å². The normalized spacial score (nSPS) is 12.5. The maximum absolute atomic E-state index is 10.3. The van der Waals surface area contributed by atoms with Gasteiger partial charge >= 0.3 is 0 Å². The third-order valence-corrected chi connectivity index (χ3v) is 3.99. The summed E-state index contributed by atoms with van der Waals surface area (Å²) >= 11 is 0. The Bertz CT molecular complexity index is 603. The van der Waals surface area contributed by atoms with Gasteiger partial charge in [-0.2, -0.15) is 0 Å². The maximum atomic E-state index is 10.3. The number of aliphatic hydroxyl groups is 1. The second kappa shape index (κ2) is 11.0. The quantitative estimate of drug-likeness (QED) is 0.681. The maximum Gasteiger partial charge on any atom is 0.0900 e. The van der Waals surface area contributed by atoms with Gasteiger partial charge in [0.15, 0.2) is 0 Å². The average molecular weight is 343 g/mol. The summed E-state index contributed by atoms with van der Waals surface area (Å²) in [6.07, 6.45) is -0.523. The minimum absolute atomic E-state index is 0.326. The van der Waals surface area contributed by atoms with Crippen LogP contribution in [0.25, 0.3) is 0 Å². The lowest BCUT2D eigenvalue weighted by atomic mass is 10.1. The first kappa shape index (κ1) is 19.6. The SMILES string of the molecule is COCCN(Cc1cccc(C)c1)CC(O)COCc1ccccc1. The molecule has 0 radical (unpaired) electrons. The number of benzene rings is 2. The fourth-order valence-electron chi connectivity index (χ4n) is 2.76. The highest BCUT2D eigenvalue weighted by Gasteiger charge is 2.13. The molecule has 0 amide bonds. The molecule has 0 aliphatic heterocycles. The summed E-state index contributed by atoms with van der Waals surface area (Å²) in [6.45, 7) is 5.71. The average Bonchev–Trinajstić information content (AvgIpc) is 2.60. The Balaban J connectivity index is 1.80. The van der Waals surface area contributed by atoms with Crippen LogP contribution in [0.15, 0.2) is 54.6 Å². The molecule has 2 aromatic carbocycles. The van der Waals surface area contributed by atoms with E-state index >= 15 is 0 Å². The number of aryl methyl sites for hydroxylation is 1. The van der Waals surface area contributed by atoms with E-state index in [1.165, 1.54) is 11.1 Å². The first-order valence-corrected chi connectivity index (χ1v) is 8.74. The number of hydrogen-bond donors (Lipinski definition) is 1. The van der Waals surface area contributed by atoms with E-state index < -0.39 is 6.10 Å². The van der Waals surface area contributed by atoms with Crippen LogP contribution < -0.4 is 0 Å². The van der Waals surface area contributed by atoms with Crippen molar-refractivity contribution in [3.8, 4) is 0 Å². The van der Waals surface area contributed by atoms with Crippen LogP contribution >= 0.6 is 0 Å². The lowest BCUT2D eigenvalue weighted by molar-refractivity contribution is 0.00479. The van der Waals surface area contributed by atoms with Crippen LogP contribution in [0.1, 0.15) is 16.7 Å². The molecule has 2 aromatic rings. The predicted molar refractivity (Wildman–Crippen MR) is 100 cm³/mol. The zero-order valence-electron chi connectivity index (χ0n) is 15.2. The predicted octanol–water partition coefficient (Wildman–Crippen LogP) is 3.02. The van der Waals surface area contributed by atoms with Gasteiger partial charge in [0.1, 0.15) is 0 Å². The molecule has 0 saturated heterocycles. The molecule has 0 heterocycles. The van der Waals surface area contributed by atoms with Crippen molar-refractivity contribution < 1.29 is 14.6 Å². The summed E-state index contributed by atoms with van der Waals surface area (Å²) < 4.78 is 10.8. The molecule has 0 aliphatic carbocycles. The highest BCUT2D eigenvalue weighted by atomic mass is 16.5. The van der Waals surface area contributed by atoms with E-state index in [0.717, 1.165) is 18.7 Å². The molecule has 1 atom stereocenters. The first-order chi connectivity index (χ1) is 12.2.